The molecule has 8 rings (SSSR count). The van der Waals surface area contributed by atoms with Crippen molar-refractivity contribution in [2.75, 3.05) is 19.8 Å². The Hall–Kier alpha value is -1.84. The number of carboxylic acids is 1. The lowest BCUT2D eigenvalue weighted by Crippen LogP contribution is -2.67. The van der Waals surface area contributed by atoms with E-state index >= 15 is 0 Å². The predicted molar refractivity (Wildman–Crippen MR) is 228 cm³/mol. The number of esters is 1. The molecule has 0 aromatic carbocycles. The maximum Gasteiger partial charge on any atom is 0.310 e. The molecule has 17 nitrogen and oxygen atoms in total. The van der Waals surface area contributed by atoms with E-state index in [0.29, 0.717) is 19.3 Å². The second-order valence-electron chi connectivity index (χ2n) is 23.0. The first-order valence-electron chi connectivity index (χ1n) is 24.0. The Kier molecular flexibility index (Phi) is 13.4. The van der Waals surface area contributed by atoms with E-state index in [4.69, 9.17) is 33.2 Å². The van der Waals surface area contributed by atoms with Gasteiger partial charge in [-0.05, 0) is 111 Å². The molecule has 4 saturated carbocycles. The first kappa shape index (κ1) is 49.6. The molecule has 0 spiro atoms. The summed E-state index contributed by atoms with van der Waals surface area (Å²) >= 11 is 0. The number of aliphatic hydroxyl groups excluding tert-OH is 7. The van der Waals surface area contributed by atoms with Crippen LogP contribution in [0, 0.1) is 50.2 Å². The summed E-state index contributed by atoms with van der Waals surface area (Å²) in [4.78, 5) is 25.3. The molecule has 0 bridgehead atoms. The van der Waals surface area contributed by atoms with E-state index in [0.717, 1.165) is 51.9 Å². The average molecular weight is 925 g/mol. The van der Waals surface area contributed by atoms with Gasteiger partial charge in [-0.25, -0.2) is 0 Å². The molecule has 3 aliphatic heterocycles. The molecule has 65 heavy (non-hydrogen) atoms. The second-order valence-corrected chi connectivity index (χ2v) is 23.0. The van der Waals surface area contributed by atoms with Crippen LogP contribution in [0.15, 0.2) is 11.6 Å². The van der Waals surface area contributed by atoms with Gasteiger partial charge in [-0.15, -0.1) is 0 Å². The third kappa shape index (κ3) is 7.96. The highest BCUT2D eigenvalue weighted by molar-refractivity contribution is 5.76. The summed E-state index contributed by atoms with van der Waals surface area (Å²) in [6.07, 6.45) is -9.43. The zero-order valence-corrected chi connectivity index (χ0v) is 39.3. The maximum atomic E-state index is 13.1. The van der Waals surface area contributed by atoms with Crippen molar-refractivity contribution >= 4 is 11.9 Å². The van der Waals surface area contributed by atoms with Crippen molar-refractivity contribution in [2.24, 2.45) is 50.2 Å². The average Bonchev–Trinajstić information content (AvgIpc) is 3.24. The van der Waals surface area contributed by atoms with Crippen molar-refractivity contribution in [3.05, 3.63) is 11.6 Å². The van der Waals surface area contributed by atoms with E-state index in [9.17, 15) is 50.4 Å². The highest BCUT2D eigenvalue weighted by Crippen LogP contribution is 2.76. The number of rotatable bonds is 9. The van der Waals surface area contributed by atoms with Crippen molar-refractivity contribution < 1.29 is 83.6 Å². The summed E-state index contributed by atoms with van der Waals surface area (Å²) in [6, 6.07) is 0. The fourth-order valence-corrected chi connectivity index (χ4v) is 14.9. The molecular weight excluding hydrogens is 849 g/mol. The van der Waals surface area contributed by atoms with Crippen LogP contribution in [-0.2, 0) is 42.7 Å². The van der Waals surface area contributed by atoms with Gasteiger partial charge in [0.15, 0.2) is 25.0 Å². The van der Waals surface area contributed by atoms with Gasteiger partial charge >= 0.3 is 11.9 Å². The van der Waals surface area contributed by atoms with Gasteiger partial charge in [0.05, 0.1) is 37.4 Å². The van der Waals surface area contributed by atoms with Crippen LogP contribution in [0.4, 0.5) is 0 Å². The number of allylic oxidation sites excluding steroid dienone is 2. The van der Waals surface area contributed by atoms with Crippen molar-refractivity contribution in [1.82, 2.24) is 0 Å². The lowest BCUT2D eigenvalue weighted by molar-refractivity contribution is -0.379. The first-order valence-corrected chi connectivity index (χ1v) is 24.0. The summed E-state index contributed by atoms with van der Waals surface area (Å²) in [5.74, 6) is -1.11. The Bertz CT molecular complexity index is 1810. The third-order valence-electron chi connectivity index (χ3n) is 19.0. The quantitative estimate of drug-likeness (QED) is 0.0939. The van der Waals surface area contributed by atoms with Crippen LogP contribution in [0.5, 0.6) is 0 Å². The molecule has 0 radical (unpaired) electrons. The SMILES string of the molecule is CC(=O)O[C@@H]1[C@@H](O[C@@H]2OC[C@@H](O)[C@H](O)[C@H]2O)[C@@H](O)[C@H](O[C@H]2[C@H](O[C@H]3CC[C@@]4(C)[C@@H](CC[C@]5(C)[C@@H]4CC=C4[C@@H]6CC(C)(C)CC[C@]6(C(=O)O)CC[C@]45C)[C@]3(C)CO)OC[C@H](O)[C@@H]2O)O[C@H]1C. The van der Waals surface area contributed by atoms with Gasteiger partial charge in [-0.3, -0.25) is 9.59 Å². The Labute approximate surface area is 382 Å². The molecular formula is C48H76O17. The van der Waals surface area contributed by atoms with E-state index in [1.54, 1.807) is 0 Å². The van der Waals surface area contributed by atoms with E-state index in [1.807, 2.05) is 0 Å². The summed E-state index contributed by atoms with van der Waals surface area (Å²) in [6.45, 7) is 15.6. The summed E-state index contributed by atoms with van der Waals surface area (Å²) < 4.78 is 42.0. The zero-order valence-electron chi connectivity index (χ0n) is 39.3. The molecule has 370 valence electrons. The molecule has 0 unspecified atom stereocenters. The maximum absolute atomic E-state index is 13.1. The van der Waals surface area contributed by atoms with Crippen molar-refractivity contribution in [1.29, 1.82) is 0 Å². The molecule has 3 saturated heterocycles. The largest absolute Gasteiger partial charge is 0.481 e. The minimum Gasteiger partial charge on any atom is -0.481 e. The lowest BCUT2D eigenvalue weighted by Gasteiger charge is -2.71. The van der Waals surface area contributed by atoms with Gasteiger partial charge in [-0.1, -0.05) is 53.2 Å². The van der Waals surface area contributed by atoms with Crippen molar-refractivity contribution in [3.63, 3.8) is 0 Å². The van der Waals surface area contributed by atoms with E-state index in [1.165, 1.54) is 12.5 Å². The van der Waals surface area contributed by atoms with Crippen LogP contribution < -0.4 is 0 Å². The molecule has 0 aromatic heterocycles. The number of ether oxygens (including phenoxy) is 7. The van der Waals surface area contributed by atoms with Gasteiger partial charge < -0.3 is 74.0 Å². The Morgan fingerprint density at radius 3 is 2.03 bits per heavy atom. The Balaban J connectivity index is 1.03. The standard InChI is InChI=1S/C48H76O17/c1-23-36(62-24(2)50)37(64-39-34(55)32(53)27(51)20-59-39)35(56)40(61-23)65-38-33(54)28(52)21-60-41(38)63-31-12-13-44(5)29(45(31,6)22-49)11-14-47(8)30(44)10-9-25-26-19-43(3,4)15-17-48(26,42(57)58)18-16-46(25,47)7/h9,23,26-41,49,51-56H,10-22H2,1-8H3,(H,57,58)/t23-,26-,27+,28-,29+,30+,31-,32-,33-,34+,35+,36-,37-,38+,39-,40-,41-,44-,45-,46+,47+,48-/m0/s1. The fraction of sp³-hybridized carbons (Fsp3) is 0.917. The molecule has 17 heteroatoms. The normalized spacial score (nSPS) is 53.0. The van der Waals surface area contributed by atoms with Crippen LogP contribution in [-0.4, -0.2) is 159 Å². The van der Waals surface area contributed by atoms with E-state index in [2.05, 4.69) is 47.6 Å². The molecule has 5 aliphatic carbocycles. The number of carboxylic acid groups (broad SMARTS) is 1. The predicted octanol–water partition coefficient (Wildman–Crippen LogP) is 2.56. The first-order chi connectivity index (χ1) is 30.4. The zero-order chi connectivity index (χ0) is 47.4. The topological polar surface area (TPSA) is 261 Å². The van der Waals surface area contributed by atoms with Crippen LogP contribution in [0.1, 0.15) is 120 Å². The number of hydrogen-bond donors (Lipinski definition) is 8. The highest BCUT2D eigenvalue weighted by Gasteiger charge is 2.70. The molecule has 22 atom stereocenters. The van der Waals surface area contributed by atoms with E-state index < -0.39 is 115 Å². The van der Waals surface area contributed by atoms with Gasteiger partial charge in [0.25, 0.3) is 0 Å². The van der Waals surface area contributed by atoms with Gasteiger partial charge in [-0.2, -0.15) is 0 Å². The van der Waals surface area contributed by atoms with Crippen LogP contribution in [0.3, 0.4) is 0 Å². The lowest BCUT2D eigenvalue weighted by atomic mass is 9.33. The number of carbonyl (C=O) groups excluding carboxylic acids is 1. The molecule has 0 aromatic rings. The van der Waals surface area contributed by atoms with Crippen LogP contribution >= 0.6 is 0 Å². The fourth-order valence-electron chi connectivity index (χ4n) is 14.9. The van der Waals surface area contributed by atoms with Gasteiger partial charge in [0, 0.05) is 12.3 Å². The number of hydrogen-bond acceptors (Lipinski definition) is 16. The van der Waals surface area contributed by atoms with Gasteiger partial charge in [0.1, 0.15) is 48.8 Å². The van der Waals surface area contributed by atoms with Gasteiger partial charge in [0.2, 0.25) is 0 Å². The highest BCUT2D eigenvalue weighted by atomic mass is 16.8. The molecule has 7 fully saturated rings. The van der Waals surface area contributed by atoms with Crippen LogP contribution in [0.25, 0.3) is 0 Å². The minimum atomic E-state index is -1.77. The molecule has 3 heterocycles. The summed E-state index contributed by atoms with van der Waals surface area (Å²) in [5, 5.41) is 87.3. The second kappa shape index (κ2) is 17.5. The number of aliphatic hydroxyl groups is 7. The smallest absolute Gasteiger partial charge is 0.310 e. The number of fused-ring (bicyclic) bond motifs is 7. The van der Waals surface area contributed by atoms with E-state index in [-0.39, 0.29) is 52.6 Å². The van der Waals surface area contributed by atoms with Crippen LogP contribution in [0.2, 0.25) is 0 Å². The molecule has 8 aliphatic rings. The summed E-state index contributed by atoms with van der Waals surface area (Å²) in [7, 11) is 0. The third-order valence-corrected chi connectivity index (χ3v) is 19.0. The summed E-state index contributed by atoms with van der Waals surface area (Å²) in [5.41, 5.74) is -0.605. The monoisotopic (exact) mass is 925 g/mol. The minimum absolute atomic E-state index is 0.00274. The Morgan fingerprint density at radius 1 is 0.723 bits per heavy atom. The van der Waals surface area contributed by atoms with Crippen molar-refractivity contribution in [2.45, 2.75) is 206 Å². The van der Waals surface area contributed by atoms with Crippen molar-refractivity contribution in [3.8, 4) is 0 Å². The Morgan fingerprint density at radius 2 is 1.37 bits per heavy atom. The number of carbonyl (C=O) groups is 2. The molecule has 0 amide bonds. The molecule has 8 N–H and O–H groups in total. The number of aliphatic carboxylic acids is 1.